The summed E-state index contributed by atoms with van der Waals surface area (Å²) in [7, 11) is 0. The summed E-state index contributed by atoms with van der Waals surface area (Å²) in [5, 5.41) is 3.00. The van der Waals surface area contributed by atoms with Crippen molar-refractivity contribution >= 4 is 17.3 Å². The first kappa shape index (κ1) is 15.8. The maximum absolute atomic E-state index is 12.3. The van der Waals surface area contributed by atoms with Crippen LogP contribution in [0.25, 0.3) is 0 Å². The van der Waals surface area contributed by atoms with Crippen molar-refractivity contribution < 1.29 is 4.79 Å². The molecule has 116 valence electrons. The van der Waals surface area contributed by atoms with Crippen molar-refractivity contribution in [2.75, 3.05) is 24.1 Å². The highest BCUT2D eigenvalue weighted by atomic mass is 16.2. The molecule has 1 aliphatic rings. The third-order valence-corrected chi connectivity index (χ3v) is 4.35. The molecule has 2 rings (SSSR count). The quantitative estimate of drug-likeness (QED) is 0.837. The van der Waals surface area contributed by atoms with Crippen LogP contribution in [0.15, 0.2) is 18.2 Å². The molecular weight excluding hydrogens is 262 g/mol. The van der Waals surface area contributed by atoms with Gasteiger partial charge in [-0.1, -0.05) is 25.8 Å². The molecule has 21 heavy (non-hydrogen) atoms. The van der Waals surface area contributed by atoms with E-state index < -0.39 is 0 Å². The summed E-state index contributed by atoms with van der Waals surface area (Å²) < 4.78 is 0. The number of rotatable bonds is 4. The van der Waals surface area contributed by atoms with Crippen LogP contribution in [0.2, 0.25) is 0 Å². The van der Waals surface area contributed by atoms with Crippen molar-refractivity contribution in [3.05, 3.63) is 23.8 Å². The van der Waals surface area contributed by atoms with E-state index in [2.05, 4.69) is 17.1 Å². The molecule has 1 aromatic rings. The molecule has 1 aromatic carbocycles. The van der Waals surface area contributed by atoms with E-state index in [-0.39, 0.29) is 5.91 Å². The summed E-state index contributed by atoms with van der Waals surface area (Å²) >= 11 is 0. The molecule has 4 heteroatoms. The zero-order chi connectivity index (χ0) is 15.2. The van der Waals surface area contributed by atoms with Gasteiger partial charge < -0.3 is 11.1 Å². The Kier molecular flexibility index (Phi) is 5.62. The zero-order valence-electron chi connectivity index (χ0n) is 13.2. The molecule has 1 unspecified atom stereocenters. The van der Waals surface area contributed by atoms with Gasteiger partial charge in [0.25, 0.3) is 0 Å². The van der Waals surface area contributed by atoms with Crippen molar-refractivity contribution in [2.45, 2.75) is 52.0 Å². The Morgan fingerprint density at radius 2 is 2.19 bits per heavy atom. The summed E-state index contributed by atoms with van der Waals surface area (Å²) in [5.74, 6) is 0.0593. The van der Waals surface area contributed by atoms with Gasteiger partial charge >= 0.3 is 0 Å². The molecule has 0 spiro atoms. The number of anilines is 2. The number of likely N-dealkylation sites (tertiary alicyclic amines) is 1. The van der Waals surface area contributed by atoms with Gasteiger partial charge in [-0.2, -0.15) is 0 Å². The standard InChI is InChI=1S/C17H27N3O/c1-3-15-7-5-4-6-10-20(15)12-17(21)19-16-11-14(18)9-8-13(16)2/h8-9,11,15H,3-7,10,12,18H2,1-2H3,(H,19,21). The lowest BCUT2D eigenvalue weighted by molar-refractivity contribution is -0.117. The minimum Gasteiger partial charge on any atom is -0.399 e. The van der Waals surface area contributed by atoms with Crippen LogP contribution in [-0.4, -0.2) is 29.9 Å². The normalized spacial score (nSPS) is 20.0. The monoisotopic (exact) mass is 289 g/mol. The number of aryl methyl sites for hydroxylation is 1. The number of hydrogen-bond donors (Lipinski definition) is 2. The Labute approximate surface area is 127 Å². The van der Waals surface area contributed by atoms with E-state index in [1.807, 2.05) is 25.1 Å². The number of benzene rings is 1. The van der Waals surface area contributed by atoms with E-state index in [4.69, 9.17) is 5.73 Å². The van der Waals surface area contributed by atoms with E-state index in [1.165, 1.54) is 25.7 Å². The number of nitrogens with zero attached hydrogens (tertiary/aromatic N) is 1. The van der Waals surface area contributed by atoms with Crippen molar-refractivity contribution in [2.24, 2.45) is 0 Å². The molecule has 0 aliphatic carbocycles. The van der Waals surface area contributed by atoms with Crippen LogP contribution in [0.4, 0.5) is 11.4 Å². The van der Waals surface area contributed by atoms with Gasteiger partial charge in [-0.3, -0.25) is 9.69 Å². The number of amides is 1. The fourth-order valence-corrected chi connectivity index (χ4v) is 3.06. The predicted octanol–water partition coefficient (Wildman–Crippen LogP) is 3.17. The third-order valence-electron chi connectivity index (χ3n) is 4.35. The van der Waals surface area contributed by atoms with E-state index in [0.717, 1.165) is 24.2 Å². The number of nitrogens with two attached hydrogens (primary N) is 1. The van der Waals surface area contributed by atoms with Crippen molar-refractivity contribution in [3.8, 4) is 0 Å². The zero-order valence-corrected chi connectivity index (χ0v) is 13.2. The van der Waals surface area contributed by atoms with Crippen molar-refractivity contribution in [1.82, 2.24) is 4.90 Å². The third kappa shape index (κ3) is 4.46. The Morgan fingerprint density at radius 3 is 2.95 bits per heavy atom. The second-order valence-corrected chi connectivity index (χ2v) is 6.00. The molecule has 1 heterocycles. The molecule has 1 atom stereocenters. The highest BCUT2D eigenvalue weighted by Crippen LogP contribution is 2.20. The molecule has 3 N–H and O–H groups in total. The molecule has 1 aliphatic heterocycles. The fraction of sp³-hybridized carbons (Fsp3) is 0.588. The van der Waals surface area contributed by atoms with Crippen LogP contribution < -0.4 is 11.1 Å². The van der Waals surface area contributed by atoms with Crippen LogP contribution in [0.1, 0.15) is 44.6 Å². The molecule has 0 bridgehead atoms. The number of carbonyl (C=O) groups excluding carboxylic acids is 1. The van der Waals surface area contributed by atoms with E-state index in [1.54, 1.807) is 0 Å². The second-order valence-electron chi connectivity index (χ2n) is 6.00. The molecule has 0 saturated carbocycles. The first-order chi connectivity index (χ1) is 10.1. The molecule has 0 aromatic heterocycles. The van der Waals surface area contributed by atoms with Gasteiger partial charge in [-0.25, -0.2) is 0 Å². The van der Waals surface area contributed by atoms with Gasteiger partial charge in [0.1, 0.15) is 0 Å². The molecule has 1 fully saturated rings. The first-order valence-electron chi connectivity index (χ1n) is 8.00. The van der Waals surface area contributed by atoms with E-state index in [0.29, 0.717) is 18.3 Å². The smallest absolute Gasteiger partial charge is 0.238 e. The van der Waals surface area contributed by atoms with Crippen LogP contribution in [0, 0.1) is 6.92 Å². The van der Waals surface area contributed by atoms with Crippen LogP contribution >= 0.6 is 0 Å². The van der Waals surface area contributed by atoms with Gasteiger partial charge in [0.05, 0.1) is 6.54 Å². The maximum Gasteiger partial charge on any atom is 0.238 e. The largest absolute Gasteiger partial charge is 0.399 e. The minimum absolute atomic E-state index is 0.0593. The summed E-state index contributed by atoms with van der Waals surface area (Å²) in [6.07, 6.45) is 6.08. The predicted molar refractivity (Wildman–Crippen MR) is 88.3 cm³/mol. The lowest BCUT2D eigenvalue weighted by Gasteiger charge is -2.28. The summed E-state index contributed by atoms with van der Waals surface area (Å²) in [5.41, 5.74) is 8.33. The molecule has 0 radical (unpaired) electrons. The van der Waals surface area contributed by atoms with E-state index >= 15 is 0 Å². The van der Waals surface area contributed by atoms with Crippen LogP contribution in [0.5, 0.6) is 0 Å². The summed E-state index contributed by atoms with van der Waals surface area (Å²) in [4.78, 5) is 14.7. The number of carbonyl (C=O) groups is 1. The van der Waals surface area contributed by atoms with Crippen molar-refractivity contribution in [1.29, 1.82) is 0 Å². The number of nitrogen functional groups attached to an aromatic ring is 1. The maximum atomic E-state index is 12.3. The van der Waals surface area contributed by atoms with Gasteiger partial charge in [0.15, 0.2) is 0 Å². The van der Waals surface area contributed by atoms with Crippen LogP contribution in [-0.2, 0) is 4.79 Å². The highest BCUT2D eigenvalue weighted by Gasteiger charge is 2.21. The Morgan fingerprint density at radius 1 is 1.38 bits per heavy atom. The molecule has 1 saturated heterocycles. The first-order valence-corrected chi connectivity index (χ1v) is 8.00. The SMILES string of the molecule is CCC1CCCCCN1CC(=O)Nc1cc(N)ccc1C. The summed E-state index contributed by atoms with van der Waals surface area (Å²) in [6.45, 7) is 5.70. The average Bonchev–Trinajstić information content (AvgIpc) is 2.68. The molecule has 1 amide bonds. The van der Waals surface area contributed by atoms with Gasteiger partial charge in [0.2, 0.25) is 5.91 Å². The van der Waals surface area contributed by atoms with Gasteiger partial charge in [-0.15, -0.1) is 0 Å². The van der Waals surface area contributed by atoms with Gasteiger partial charge in [0, 0.05) is 17.4 Å². The Hall–Kier alpha value is -1.55. The number of hydrogen-bond acceptors (Lipinski definition) is 3. The topological polar surface area (TPSA) is 58.4 Å². The Balaban J connectivity index is 1.98. The lowest BCUT2D eigenvalue weighted by atomic mass is 10.1. The highest BCUT2D eigenvalue weighted by molar-refractivity contribution is 5.93. The minimum atomic E-state index is 0.0593. The number of nitrogens with one attached hydrogen (secondary N) is 1. The lowest BCUT2D eigenvalue weighted by Crippen LogP contribution is -2.40. The van der Waals surface area contributed by atoms with E-state index in [9.17, 15) is 4.79 Å². The fourth-order valence-electron chi connectivity index (χ4n) is 3.06. The molecule has 4 nitrogen and oxygen atoms in total. The van der Waals surface area contributed by atoms with Crippen LogP contribution in [0.3, 0.4) is 0 Å². The van der Waals surface area contributed by atoms with Crippen molar-refractivity contribution in [3.63, 3.8) is 0 Å². The average molecular weight is 289 g/mol. The summed E-state index contributed by atoms with van der Waals surface area (Å²) in [6, 6.07) is 6.16. The van der Waals surface area contributed by atoms with Gasteiger partial charge in [-0.05, 0) is 50.4 Å². The molecular formula is C17H27N3O. The second kappa shape index (κ2) is 7.46. The Bertz CT molecular complexity index is 487.